The molecule has 0 N–H and O–H groups in total. The molecule has 0 saturated carbocycles. The molecular weight excluding hydrogens is 455 g/mol. The van der Waals surface area contributed by atoms with Gasteiger partial charge >= 0.3 is 6.36 Å². The first-order chi connectivity index (χ1) is 16.9. The Kier molecular flexibility index (Phi) is 6.43. The summed E-state index contributed by atoms with van der Waals surface area (Å²) < 4.78 is 53.0. The van der Waals surface area contributed by atoms with Gasteiger partial charge in [0.05, 0.1) is 7.11 Å². The van der Waals surface area contributed by atoms with Gasteiger partial charge in [-0.2, -0.15) is 0 Å². The molecule has 0 unspecified atom stereocenters. The maximum Gasteiger partial charge on any atom is 0.573 e. The normalized spacial score (nSPS) is 15.4. The van der Waals surface area contributed by atoms with Crippen LogP contribution in [0.15, 0.2) is 77.2 Å². The van der Waals surface area contributed by atoms with Crippen molar-refractivity contribution in [2.75, 3.05) is 20.2 Å². The average molecular weight is 482 g/mol. The van der Waals surface area contributed by atoms with Gasteiger partial charge in [0.1, 0.15) is 11.5 Å². The van der Waals surface area contributed by atoms with Crippen LogP contribution in [0.2, 0.25) is 0 Å². The maximum atomic E-state index is 12.5. The van der Waals surface area contributed by atoms with Crippen molar-refractivity contribution in [1.82, 2.24) is 4.90 Å². The molecule has 0 atom stereocenters. The second kappa shape index (κ2) is 9.66. The fourth-order valence-electron chi connectivity index (χ4n) is 4.81. The lowest BCUT2D eigenvalue weighted by Crippen LogP contribution is -2.32. The van der Waals surface area contributed by atoms with Crippen molar-refractivity contribution >= 4 is 11.0 Å². The molecule has 2 heterocycles. The molecular formula is C28H26F3NO3. The van der Waals surface area contributed by atoms with Gasteiger partial charge in [-0.1, -0.05) is 36.4 Å². The molecule has 35 heavy (non-hydrogen) atoms. The van der Waals surface area contributed by atoms with Crippen LogP contribution in [0.5, 0.6) is 11.5 Å². The zero-order chi connectivity index (χ0) is 24.4. The third kappa shape index (κ3) is 5.30. The number of likely N-dealkylation sites (tertiary alicyclic amines) is 1. The van der Waals surface area contributed by atoms with Crippen molar-refractivity contribution < 1.29 is 27.1 Å². The molecule has 5 rings (SSSR count). The fraction of sp³-hybridized carbons (Fsp3) is 0.286. The first-order valence-electron chi connectivity index (χ1n) is 11.6. The van der Waals surface area contributed by atoms with Gasteiger partial charge in [-0.3, -0.25) is 4.90 Å². The molecule has 0 radical (unpaired) electrons. The highest BCUT2D eigenvalue weighted by molar-refractivity contribution is 5.90. The molecule has 1 aliphatic heterocycles. The van der Waals surface area contributed by atoms with Crippen LogP contribution < -0.4 is 9.47 Å². The second-order valence-electron chi connectivity index (χ2n) is 8.81. The first kappa shape index (κ1) is 23.3. The van der Waals surface area contributed by atoms with Crippen LogP contribution in [-0.4, -0.2) is 31.5 Å². The molecule has 0 spiro atoms. The zero-order valence-electron chi connectivity index (χ0n) is 19.3. The van der Waals surface area contributed by atoms with Crippen molar-refractivity contribution in [2.45, 2.75) is 31.7 Å². The van der Waals surface area contributed by atoms with E-state index >= 15 is 0 Å². The van der Waals surface area contributed by atoms with Crippen molar-refractivity contribution in [2.24, 2.45) is 0 Å². The summed E-state index contributed by atoms with van der Waals surface area (Å²) in [5, 5.41) is 0.945. The highest BCUT2D eigenvalue weighted by Crippen LogP contribution is 2.37. The standard InChI is InChI=1S/C28H26F3NO3/c1-33-25-12-9-22(18-32-15-13-20(14-16-32)19-5-3-2-4-6-19)24-17-26(34-27(24)25)21-7-10-23(11-8-21)35-28(29,30)31/h2-12,17,20H,13-16,18H2,1H3. The molecule has 0 bridgehead atoms. The van der Waals surface area contributed by atoms with E-state index in [1.165, 1.54) is 17.7 Å². The van der Waals surface area contributed by atoms with Gasteiger partial charge in [-0.25, -0.2) is 0 Å². The number of furan rings is 1. The molecule has 1 fully saturated rings. The molecule has 4 nitrogen and oxygen atoms in total. The minimum absolute atomic E-state index is 0.269. The average Bonchev–Trinajstić information content (AvgIpc) is 3.31. The topological polar surface area (TPSA) is 34.8 Å². The van der Waals surface area contributed by atoms with E-state index in [-0.39, 0.29) is 5.75 Å². The molecule has 182 valence electrons. The number of nitrogens with zero attached hydrogens (tertiary/aromatic N) is 1. The van der Waals surface area contributed by atoms with Crippen LogP contribution in [0.25, 0.3) is 22.3 Å². The van der Waals surface area contributed by atoms with E-state index in [2.05, 4.69) is 46.0 Å². The highest BCUT2D eigenvalue weighted by atomic mass is 19.4. The van der Waals surface area contributed by atoms with Crippen LogP contribution in [0.4, 0.5) is 13.2 Å². The van der Waals surface area contributed by atoms with E-state index in [0.717, 1.165) is 43.4 Å². The van der Waals surface area contributed by atoms with E-state index < -0.39 is 6.36 Å². The number of ether oxygens (including phenoxy) is 2. The highest BCUT2D eigenvalue weighted by Gasteiger charge is 2.31. The Labute approximate surface area is 201 Å². The number of piperidine rings is 1. The Hall–Kier alpha value is -3.45. The Morgan fingerprint density at radius 1 is 0.943 bits per heavy atom. The van der Waals surface area contributed by atoms with Gasteiger partial charge in [0.25, 0.3) is 0 Å². The minimum Gasteiger partial charge on any atom is -0.493 e. The Morgan fingerprint density at radius 3 is 2.31 bits per heavy atom. The largest absolute Gasteiger partial charge is 0.573 e. The van der Waals surface area contributed by atoms with E-state index in [1.807, 2.05) is 12.1 Å². The first-order valence-corrected chi connectivity index (χ1v) is 11.6. The summed E-state index contributed by atoms with van der Waals surface area (Å²) in [6.45, 7) is 2.82. The summed E-state index contributed by atoms with van der Waals surface area (Å²) in [7, 11) is 1.59. The van der Waals surface area contributed by atoms with Crippen molar-refractivity contribution in [3.63, 3.8) is 0 Å². The predicted molar refractivity (Wildman–Crippen MR) is 129 cm³/mol. The Bertz CT molecular complexity index is 1270. The molecule has 7 heteroatoms. The Morgan fingerprint density at radius 2 is 1.66 bits per heavy atom. The fourth-order valence-corrected chi connectivity index (χ4v) is 4.81. The molecule has 1 saturated heterocycles. The quantitative estimate of drug-likeness (QED) is 0.288. The maximum absolute atomic E-state index is 12.5. The van der Waals surface area contributed by atoms with Crippen LogP contribution in [0.1, 0.15) is 29.9 Å². The van der Waals surface area contributed by atoms with Gasteiger partial charge in [-0.15, -0.1) is 13.2 Å². The lowest BCUT2D eigenvalue weighted by molar-refractivity contribution is -0.274. The number of hydrogen-bond acceptors (Lipinski definition) is 4. The lowest BCUT2D eigenvalue weighted by Gasteiger charge is -2.32. The number of fused-ring (bicyclic) bond motifs is 1. The van der Waals surface area contributed by atoms with Gasteiger partial charge < -0.3 is 13.9 Å². The van der Waals surface area contributed by atoms with Gasteiger partial charge in [-0.05, 0) is 79.4 Å². The van der Waals surface area contributed by atoms with Crippen LogP contribution >= 0.6 is 0 Å². The summed E-state index contributed by atoms with van der Waals surface area (Å²) in [4.78, 5) is 2.45. The minimum atomic E-state index is -4.72. The lowest BCUT2D eigenvalue weighted by atomic mass is 9.89. The molecule has 1 aromatic heterocycles. The summed E-state index contributed by atoms with van der Waals surface area (Å²) in [6, 6.07) is 22.2. The smallest absolute Gasteiger partial charge is 0.493 e. The van der Waals surface area contributed by atoms with Crippen LogP contribution in [0.3, 0.4) is 0 Å². The summed E-state index contributed by atoms with van der Waals surface area (Å²) in [6.07, 6.45) is -2.49. The van der Waals surface area contributed by atoms with Crippen LogP contribution in [0, 0.1) is 0 Å². The van der Waals surface area contributed by atoms with E-state index in [4.69, 9.17) is 9.15 Å². The number of hydrogen-bond donors (Lipinski definition) is 0. The van der Waals surface area contributed by atoms with Crippen molar-refractivity contribution in [3.05, 3.63) is 83.9 Å². The third-order valence-electron chi connectivity index (χ3n) is 6.58. The van der Waals surface area contributed by atoms with Crippen molar-refractivity contribution in [1.29, 1.82) is 0 Å². The molecule has 3 aromatic carbocycles. The van der Waals surface area contributed by atoms with E-state index in [0.29, 0.717) is 28.6 Å². The molecule has 0 amide bonds. The second-order valence-corrected chi connectivity index (χ2v) is 8.81. The summed E-state index contributed by atoms with van der Waals surface area (Å²) >= 11 is 0. The Balaban J connectivity index is 1.35. The number of halogens is 3. The molecule has 0 aliphatic carbocycles. The van der Waals surface area contributed by atoms with Gasteiger partial charge in [0, 0.05) is 17.5 Å². The van der Waals surface area contributed by atoms with Gasteiger partial charge in [0.15, 0.2) is 11.3 Å². The number of methoxy groups -OCH3 is 1. The monoisotopic (exact) mass is 481 g/mol. The number of rotatable bonds is 6. The number of benzene rings is 3. The third-order valence-corrected chi connectivity index (χ3v) is 6.58. The number of alkyl halides is 3. The van der Waals surface area contributed by atoms with Crippen LogP contribution in [-0.2, 0) is 6.54 Å². The van der Waals surface area contributed by atoms with Gasteiger partial charge in [0.2, 0.25) is 0 Å². The SMILES string of the molecule is COc1ccc(CN2CCC(c3ccccc3)CC2)c2cc(-c3ccc(OC(F)(F)F)cc3)oc12. The summed E-state index contributed by atoms with van der Waals surface area (Å²) in [5.74, 6) is 1.50. The van der Waals surface area contributed by atoms with E-state index in [1.54, 1.807) is 19.2 Å². The predicted octanol–water partition coefficient (Wildman–Crippen LogP) is 7.39. The van der Waals surface area contributed by atoms with Crippen molar-refractivity contribution in [3.8, 4) is 22.8 Å². The van der Waals surface area contributed by atoms with E-state index in [9.17, 15) is 13.2 Å². The zero-order valence-corrected chi connectivity index (χ0v) is 19.3. The molecule has 1 aliphatic rings. The summed E-state index contributed by atoms with van der Waals surface area (Å²) in [5.41, 5.74) is 3.83. The molecule has 4 aromatic rings.